The van der Waals surface area contributed by atoms with Crippen LogP contribution < -0.4 is 10.1 Å². The Hall–Kier alpha value is -1.34. The van der Waals surface area contributed by atoms with Crippen molar-refractivity contribution in [2.75, 3.05) is 26.7 Å². The molecule has 0 spiro atoms. The van der Waals surface area contributed by atoms with Gasteiger partial charge in [0.2, 0.25) is 0 Å². The number of methoxy groups -OCH3 is 1. The van der Waals surface area contributed by atoms with Gasteiger partial charge in [0.15, 0.2) is 0 Å². The Labute approximate surface area is 171 Å². The van der Waals surface area contributed by atoms with E-state index >= 15 is 0 Å². The van der Waals surface area contributed by atoms with Gasteiger partial charge in [0.25, 0.3) is 5.91 Å². The summed E-state index contributed by atoms with van der Waals surface area (Å²) >= 11 is 1.51. The lowest BCUT2D eigenvalue weighted by molar-refractivity contribution is 0.0636. The van der Waals surface area contributed by atoms with Crippen molar-refractivity contribution in [2.24, 2.45) is 0 Å². The van der Waals surface area contributed by atoms with Gasteiger partial charge in [-0.15, -0.1) is 36.2 Å². The zero-order valence-corrected chi connectivity index (χ0v) is 17.4. The predicted octanol–water partition coefficient (Wildman–Crippen LogP) is 3.73. The minimum absolute atomic E-state index is 0. The third-order valence-corrected chi connectivity index (χ3v) is 5.28. The van der Waals surface area contributed by atoms with Crippen LogP contribution in [-0.2, 0) is 6.42 Å². The zero-order chi connectivity index (χ0) is 16.9. The number of hydrogen-bond donors (Lipinski definition) is 1. The standard InChI is InChI=1S/C18H23N3O2S.2ClH/c1-3-6-17-20-12-16(24-17)18(22)21-10-9-19-11-14(21)13-7-4-5-8-15(13)23-2;;/h4-5,7-8,12,14,19H,3,6,9-11H2,1-2H3;2*1H. The summed E-state index contributed by atoms with van der Waals surface area (Å²) in [6.45, 7) is 4.34. The van der Waals surface area contributed by atoms with Gasteiger partial charge in [-0.2, -0.15) is 0 Å². The number of hydrogen-bond acceptors (Lipinski definition) is 5. The normalized spacial score (nSPS) is 16.4. The van der Waals surface area contributed by atoms with Crippen LogP contribution in [0.1, 0.15) is 39.6 Å². The molecule has 144 valence electrons. The van der Waals surface area contributed by atoms with Crippen LogP contribution in [0.25, 0.3) is 0 Å². The van der Waals surface area contributed by atoms with Gasteiger partial charge in [0.05, 0.1) is 24.4 Å². The molecule has 2 heterocycles. The molecule has 1 saturated heterocycles. The Bertz CT molecular complexity index is 711. The Morgan fingerprint density at radius 1 is 1.38 bits per heavy atom. The topological polar surface area (TPSA) is 54.5 Å². The third-order valence-electron chi connectivity index (χ3n) is 4.23. The SMILES string of the molecule is CCCc1ncc(C(=O)N2CCNCC2c2ccccc2OC)s1.Cl.Cl. The molecule has 3 rings (SSSR count). The highest BCUT2D eigenvalue weighted by molar-refractivity contribution is 7.13. The molecule has 0 aliphatic carbocycles. The zero-order valence-electron chi connectivity index (χ0n) is 14.9. The summed E-state index contributed by atoms with van der Waals surface area (Å²) in [6, 6.07) is 7.88. The fourth-order valence-electron chi connectivity index (χ4n) is 3.05. The number of aromatic nitrogens is 1. The van der Waals surface area contributed by atoms with Gasteiger partial charge in [-0.25, -0.2) is 4.98 Å². The molecule has 0 saturated carbocycles. The number of ether oxygens (including phenoxy) is 1. The fourth-order valence-corrected chi connectivity index (χ4v) is 4.02. The van der Waals surface area contributed by atoms with Gasteiger partial charge in [-0.05, 0) is 18.9 Å². The molecule has 2 aromatic rings. The molecular weight excluding hydrogens is 393 g/mol. The molecule has 1 aliphatic rings. The van der Waals surface area contributed by atoms with Crippen LogP contribution in [0.3, 0.4) is 0 Å². The van der Waals surface area contributed by atoms with Gasteiger partial charge < -0.3 is 15.0 Å². The van der Waals surface area contributed by atoms with Crippen molar-refractivity contribution in [2.45, 2.75) is 25.8 Å². The number of nitrogens with one attached hydrogen (secondary N) is 1. The molecule has 1 aliphatic heterocycles. The summed E-state index contributed by atoms with van der Waals surface area (Å²) in [6.07, 6.45) is 3.69. The van der Waals surface area contributed by atoms with E-state index in [0.717, 1.165) is 47.1 Å². The highest BCUT2D eigenvalue weighted by atomic mass is 35.5. The monoisotopic (exact) mass is 417 g/mol. The van der Waals surface area contributed by atoms with Crippen LogP contribution in [0, 0.1) is 0 Å². The number of para-hydroxylation sites is 1. The summed E-state index contributed by atoms with van der Waals surface area (Å²) in [5.41, 5.74) is 1.04. The fraction of sp³-hybridized carbons (Fsp3) is 0.444. The maximum Gasteiger partial charge on any atom is 0.266 e. The van der Waals surface area contributed by atoms with Gasteiger partial charge in [-0.3, -0.25) is 4.79 Å². The van der Waals surface area contributed by atoms with E-state index in [1.165, 1.54) is 11.3 Å². The van der Waals surface area contributed by atoms with Crippen LogP contribution in [0.4, 0.5) is 0 Å². The first-order valence-corrected chi connectivity index (χ1v) is 9.15. The van der Waals surface area contributed by atoms with Crippen LogP contribution >= 0.6 is 36.2 Å². The van der Waals surface area contributed by atoms with Crippen molar-refractivity contribution in [1.29, 1.82) is 0 Å². The van der Waals surface area contributed by atoms with E-state index in [1.54, 1.807) is 13.3 Å². The molecule has 8 heteroatoms. The molecule has 1 aromatic carbocycles. The van der Waals surface area contributed by atoms with Gasteiger partial charge >= 0.3 is 0 Å². The van der Waals surface area contributed by atoms with E-state index in [-0.39, 0.29) is 36.8 Å². The van der Waals surface area contributed by atoms with E-state index in [0.29, 0.717) is 6.54 Å². The molecule has 1 aromatic heterocycles. The smallest absolute Gasteiger partial charge is 0.266 e. The number of halogens is 2. The lowest BCUT2D eigenvalue weighted by Crippen LogP contribution is -2.48. The summed E-state index contributed by atoms with van der Waals surface area (Å²) in [5, 5.41) is 4.42. The Morgan fingerprint density at radius 2 is 2.15 bits per heavy atom. The van der Waals surface area contributed by atoms with E-state index in [9.17, 15) is 4.79 Å². The summed E-state index contributed by atoms with van der Waals surface area (Å²) < 4.78 is 5.49. The highest BCUT2D eigenvalue weighted by Gasteiger charge is 2.31. The minimum atomic E-state index is -0.0286. The maximum absolute atomic E-state index is 13.0. The molecule has 0 radical (unpaired) electrons. The molecule has 1 atom stereocenters. The number of carbonyl (C=O) groups excluding carboxylic acids is 1. The van der Waals surface area contributed by atoms with Gasteiger partial charge in [-0.1, -0.05) is 25.1 Å². The Morgan fingerprint density at radius 3 is 2.88 bits per heavy atom. The van der Waals surface area contributed by atoms with Crippen LogP contribution in [0.2, 0.25) is 0 Å². The predicted molar refractivity (Wildman–Crippen MR) is 110 cm³/mol. The van der Waals surface area contributed by atoms with Crippen molar-refractivity contribution < 1.29 is 9.53 Å². The number of amides is 1. The van der Waals surface area contributed by atoms with Gasteiger partial charge in [0, 0.05) is 25.2 Å². The third kappa shape index (κ3) is 4.88. The second-order valence-corrected chi connectivity index (χ2v) is 6.94. The van der Waals surface area contributed by atoms with Crippen LogP contribution in [0.15, 0.2) is 30.5 Å². The molecule has 1 unspecified atom stereocenters. The van der Waals surface area contributed by atoms with Crippen LogP contribution in [0.5, 0.6) is 5.75 Å². The molecule has 0 bridgehead atoms. The number of aryl methyl sites for hydroxylation is 1. The number of thiazole rings is 1. The highest BCUT2D eigenvalue weighted by Crippen LogP contribution is 2.31. The van der Waals surface area contributed by atoms with E-state index in [2.05, 4.69) is 17.2 Å². The number of nitrogens with zero attached hydrogens (tertiary/aromatic N) is 2. The number of piperazine rings is 1. The van der Waals surface area contributed by atoms with Crippen LogP contribution in [-0.4, -0.2) is 42.5 Å². The number of benzene rings is 1. The van der Waals surface area contributed by atoms with Crippen molar-refractivity contribution in [3.05, 3.63) is 45.9 Å². The first kappa shape index (κ1) is 22.7. The lowest BCUT2D eigenvalue weighted by Gasteiger charge is -2.36. The second-order valence-electron chi connectivity index (χ2n) is 5.83. The molecular formula is C18H25Cl2N3O2S. The van der Waals surface area contributed by atoms with E-state index < -0.39 is 0 Å². The van der Waals surface area contributed by atoms with Crippen molar-refractivity contribution in [3.8, 4) is 5.75 Å². The maximum atomic E-state index is 13.0. The second kappa shape index (κ2) is 10.7. The average molecular weight is 418 g/mol. The number of rotatable bonds is 5. The Balaban J connectivity index is 0.00000169. The Kier molecular flexibility index (Phi) is 9.36. The van der Waals surface area contributed by atoms with Crippen molar-refractivity contribution >= 4 is 42.1 Å². The summed E-state index contributed by atoms with van der Waals surface area (Å²) in [5.74, 6) is 0.882. The largest absolute Gasteiger partial charge is 0.496 e. The molecule has 1 amide bonds. The average Bonchev–Trinajstić information content (AvgIpc) is 3.10. The molecule has 26 heavy (non-hydrogen) atoms. The first-order chi connectivity index (χ1) is 11.7. The van der Waals surface area contributed by atoms with Gasteiger partial charge in [0.1, 0.15) is 10.6 Å². The van der Waals surface area contributed by atoms with Crippen molar-refractivity contribution in [1.82, 2.24) is 15.2 Å². The minimum Gasteiger partial charge on any atom is -0.496 e. The quantitative estimate of drug-likeness (QED) is 0.804. The molecule has 1 N–H and O–H groups in total. The summed E-state index contributed by atoms with van der Waals surface area (Å²) in [7, 11) is 1.67. The lowest BCUT2D eigenvalue weighted by atomic mass is 10.0. The molecule has 5 nitrogen and oxygen atoms in total. The molecule has 1 fully saturated rings. The first-order valence-electron chi connectivity index (χ1n) is 8.34. The van der Waals surface area contributed by atoms with Crippen molar-refractivity contribution in [3.63, 3.8) is 0 Å². The summed E-state index contributed by atoms with van der Waals surface area (Å²) in [4.78, 5) is 20.1. The van der Waals surface area contributed by atoms with E-state index in [1.807, 2.05) is 29.2 Å². The number of carbonyl (C=O) groups is 1. The van der Waals surface area contributed by atoms with E-state index in [4.69, 9.17) is 4.74 Å².